The molecule has 6 heteroatoms. The van der Waals surface area contributed by atoms with Crippen molar-refractivity contribution in [1.82, 2.24) is 4.57 Å². The lowest BCUT2D eigenvalue weighted by atomic mass is 10.2. The number of thiophene rings is 1. The van der Waals surface area contributed by atoms with Crippen LogP contribution in [0.3, 0.4) is 0 Å². The Hall–Kier alpha value is -1.63. The fraction of sp³-hybridized carbons (Fsp3) is 0.318. The van der Waals surface area contributed by atoms with Crippen molar-refractivity contribution in [2.24, 2.45) is 0 Å². The average Bonchev–Trinajstić information content (AvgIpc) is 3.33. The normalized spacial score (nSPS) is 14.9. The van der Waals surface area contributed by atoms with Crippen molar-refractivity contribution in [2.45, 2.75) is 31.4 Å². The predicted molar refractivity (Wildman–Crippen MR) is 124 cm³/mol. The van der Waals surface area contributed by atoms with E-state index < -0.39 is 0 Å². The zero-order chi connectivity index (χ0) is 19.5. The number of nitrogens with zero attached hydrogens (tertiary/aromatic N) is 1. The maximum atomic E-state index is 13.0. The van der Waals surface area contributed by atoms with E-state index in [0.717, 1.165) is 29.2 Å². The molecule has 0 unspecified atom stereocenters. The molecule has 0 saturated carbocycles. The lowest BCUT2D eigenvalue weighted by Crippen LogP contribution is -2.13. The first kappa shape index (κ1) is 19.7. The van der Waals surface area contributed by atoms with E-state index in [1.807, 2.05) is 48.6 Å². The molecule has 4 rings (SSSR count). The molecule has 0 atom stereocenters. The highest BCUT2D eigenvalue weighted by atomic mass is 32.2. The van der Waals surface area contributed by atoms with E-state index in [1.54, 1.807) is 11.3 Å². The lowest BCUT2D eigenvalue weighted by molar-refractivity contribution is 0.102. The molecule has 1 amide bonds. The third-order valence-corrected chi connectivity index (χ3v) is 8.83. The standard InChI is InChI=1S/C22H24N2OS3/c1-15-12-20(16(2)24(15)14-19-8-4-9-26-19)21(25)23-18-7-3-6-17(13-18)22-27-10-5-11-28-22/h3-4,6-9,12-13,22H,5,10-11,14H2,1-2H3,(H,23,25). The van der Waals surface area contributed by atoms with E-state index in [0.29, 0.717) is 4.58 Å². The molecule has 3 heterocycles. The second-order valence-electron chi connectivity index (χ2n) is 6.96. The van der Waals surface area contributed by atoms with Crippen molar-refractivity contribution < 1.29 is 4.79 Å². The molecule has 2 aromatic heterocycles. The minimum atomic E-state index is -0.0355. The summed E-state index contributed by atoms with van der Waals surface area (Å²) in [5.74, 6) is 2.39. The number of carbonyl (C=O) groups is 1. The topological polar surface area (TPSA) is 34.0 Å². The molecule has 0 radical (unpaired) electrons. The molecule has 0 aliphatic carbocycles. The summed E-state index contributed by atoms with van der Waals surface area (Å²) >= 11 is 5.74. The van der Waals surface area contributed by atoms with Gasteiger partial charge in [-0.25, -0.2) is 0 Å². The minimum Gasteiger partial charge on any atom is -0.343 e. The van der Waals surface area contributed by atoms with Gasteiger partial charge in [0.2, 0.25) is 0 Å². The number of thioether (sulfide) groups is 2. The summed E-state index contributed by atoms with van der Waals surface area (Å²) in [6, 6.07) is 14.5. The van der Waals surface area contributed by atoms with E-state index in [1.165, 1.54) is 28.4 Å². The third kappa shape index (κ3) is 4.34. The van der Waals surface area contributed by atoms with E-state index in [-0.39, 0.29) is 5.91 Å². The number of aryl methyl sites for hydroxylation is 1. The number of carbonyl (C=O) groups excluding carboxylic acids is 1. The Labute approximate surface area is 178 Å². The quantitative estimate of drug-likeness (QED) is 0.515. The molecule has 1 saturated heterocycles. The Kier molecular flexibility index (Phi) is 6.19. The Morgan fingerprint density at radius 1 is 1.14 bits per heavy atom. The molecule has 1 aliphatic heterocycles. The smallest absolute Gasteiger partial charge is 0.257 e. The maximum absolute atomic E-state index is 13.0. The molecule has 1 N–H and O–H groups in total. The van der Waals surface area contributed by atoms with Crippen LogP contribution < -0.4 is 5.32 Å². The SMILES string of the molecule is Cc1cc(C(=O)Nc2cccc(C3SCCCS3)c2)c(C)n1Cc1cccs1. The van der Waals surface area contributed by atoms with Crippen molar-refractivity contribution in [3.63, 3.8) is 0 Å². The van der Waals surface area contributed by atoms with Gasteiger partial charge in [0.15, 0.2) is 0 Å². The highest BCUT2D eigenvalue weighted by Gasteiger charge is 2.19. The van der Waals surface area contributed by atoms with Gasteiger partial charge in [0.25, 0.3) is 5.91 Å². The van der Waals surface area contributed by atoms with Crippen molar-refractivity contribution in [3.8, 4) is 0 Å². The van der Waals surface area contributed by atoms with E-state index >= 15 is 0 Å². The van der Waals surface area contributed by atoms with Crippen LogP contribution >= 0.6 is 34.9 Å². The van der Waals surface area contributed by atoms with Gasteiger partial charge in [0, 0.05) is 22.0 Å². The average molecular weight is 429 g/mol. The van der Waals surface area contributed by atoms with Gasteiger partial charge in [-0.05, 0) is 67.0 Å². The summed E-state index contributed by atoms with van der Waals surface area (Å²) in [5.41, 5.74) is 5.03. The molecule has 3 aromatic rings. The molecule has 28 heavy (non-hydrogen) atoms. The fourth-order valence-corrected chi connectivity index (χ4v) is 7.04. The van der Waals surface area contributed by atoms with E-state index in [4.69, 9.17) is 0 Å². The van der Waals surface area contributed by atoms with Crippen LogP contribution in [0.2, 0.25) is 0 Å². The van der Waals surface area contributed by atoms with Gasteiger partial charge in [-0.15, -0.1) is 34.9 Å². The van der Waals surface area contributed by atoms with Crippen molar-refractivity contribution in [3.05, 3.63) is 75.2 Å². The molecule has 146 valence electrons. The summed E-state index contributed by atoms with van der Waals surface area (Å²) in [7, 11) is 0. The summed E-state index contributed by atoms with van der Waals surface area (Å²) in [5, 5.41) is 5.20. The van der Waals surface area contributed by atoms with Gasteiger partial charge in [-0.3, -0.25) is 4.79 Å². The van der Waals surface area contributed by atoms with Crippen LogP contribution in [-0.4, -0.2) is 22.0 Å². The molecule has 1 fully saturated rings. The minimum absolute atomic E-state index is 0.0355. The lowest BCUT2D eigenvalue weighted by Gasteiger charge is -2.21. The van der Waals surface area contributed by atoms with E-state index in [2.05, 4.69) is 46.5 Å². The Bertz CT molecular complexity index is 956. The van der Waals surface area contributed by atoms with Gasteiger partial charge in [-0.2, -0.15) is 0 Å². The summed E-state index contributed by atoms with van der Waals surface area (Å²) in [6.45, 7) is 4.91. The Morgan fingerprint density at radius 3 is 2.71 bits per heavy atom. The van der Waals surface area contributed by atoms with Gasteiger partial charge >= 0.3 is 0 Å². The number of aromatic nitrogens is 1. The van der Waals surface area contributed by atoms with E-state index in [9.17, 15) is 4.79 Å². The highest BCUT2D eigenvalue weighted by molar-refractivity contribution is 8.16. The number of anilines is 1. The molecule has 0 bridgehead atoms. The molecular formula is C22H24N2OS3. The van der Waals surface area contributed by atoms with Crippen molar-refractivity contribution >= 4 is 46.5 Å². The number of hydrogen-bond acceptors (Lipinski definition) is 4. The van der Waals surface area contributed by atoms with Crippen LogP contribution in [0.1, 0.15) is 43.2 Å². The van der Waals surface area contributed by atoms with Crippen LogP contribution in [0.15, 0.2) is 47.8 Å². The first-order chi connectivity index (χ1) is 13.6. The van der Waals surface area contributed by atoms with Crippen molar-refractivity contribution in [2.75, 3.05) is 16.8 Å². The largest absolute Gasteiger partial charge is 0.343 e. The van der Waals surface area contributed by atoms with Crippen LogP contribution in [0.25, 0.3) is 0 Å². The number of nitrogens with one attached hydrogen (secondary N) is 1. The number of benzene rings is 1. The van der Waals surface area contributed by atoms with Gasteiger partial charge in [0.05, 0.1) is 16.7 Å². The molecule has 3 nitrogen and oxygen atoms in total. The zero-order valence-corrected chi connectivity index (χ0v) is 18.6. The number of rotatable bonds is 5. The second kappa shape index (κ2) is 8.80. The van der Waals surface area contributed by atoms with Crippen LogP contribution in [0.4, 0.5) is 5.69 Å². The van der Waals surface area contributed by atoms with Crippen LogP contribution in [-0.2, 0) is 6.54 Å². The second-order valence-corrected chi connectivity index (χ2v) is 10.7. The maximum Gasteiger partial charge on any atom is 0.257 e. The summed E-state index contributed by atoms with van der Waals surface area (Å²) in [4.78, 5) is 14.3. The first-order valence-corrected chi connectivity index (χ1v) is 12.4. The number of hydrogen-bond donors (Lipinski definition) is 1. The van der Waals surface area contributed by atoms with Gasteiger partial charge in [-0.1, -0.05) is 18.2 Å². The molecule has 1 aliphatic rings. The summed E-state index contributed by atoms with van der Waals surface area (Å²) in [6.07, 6.45) is 1.28. The predicted octanol–water partition coefficient (Wildman–Crippen LogP) is 6.34. The first-order valence-electron chi connectivity index (χ1n) is 9.45. The Balaban J connectivity index is 1.51. The molecule has 1 aromatic carbocycles. The molecule has 0 spiro atoms. The molecular weight excluding hydrogens is 404 g/mol. The zero-order valence-electron chi connectivity index (χ0n) is 16.1. The highest BCUT2D eigenvalue weighted by Crippen LogP contribution is 2.44. The van der Waals surface area contributed by atoms with Crippen LogP contribution in [0.5, 0.6) is 0 Å². The van der Waals surface area contributed by atoms with Gasteiger partial charge in [0.1, 0.15) is 0 Å². The Morgan fingerprint density at radius 2 is 1.96 bits per heavy atom. The van der Waals surface area contributed by atoms with Crippen LogP contribution in [0, 0.1) is 13.8 Å². The summed E-state index contributed by atoms with van der Waals surface area (Å²) < 4.78 is 2.69. The third-order valence-electron chi connectivity index (χ3n) is 4.96. The van der Waals surface area contributed by atoms with Gasteiger partial charge < -0.3 is 9.88 Å². The fourth-order valence-electron chi connectivity index (χ4n) is 3.47. The monoisotopic (exact) mass is 428 g/mol. The van der Waals surface area contributed by atoms with Crippen molar-refractivity contribution in [1.29, 1.82) is 0 Å². The number of amides is 1.